The molecule has 18 heavy (non-hydrogen) atoms. The van der Waals surface area contributed by atoms with Crippen LogP contribution in [0.15, 0.2) is 33.7 Å². The topological polar surface area (TPSA) is 58.9 Å². The number of benzene rings is 1. The van der Waals surface area contributed by atoms with E-state index in [1.54, 1.807) is 0 Å². The molecule has 0 spiro atoms. The zero-order chi connectivity index (χ0) is 13.0. The Morgan fingerprint density at radius 2 is 2.17 bits per heavy atom. The number of aliphatic imine (C=N–C) groups is 1. The number of hydrogen-bond donors (Lipinski definition) is 1. The minimum absolute atomic E-state index is 0.00783. The first-order valence-corrected chi connectivity index (χ1v) is 6.58. The third kappa shape index (κ3) is 3.84. The second kappa shape index (κ2) is 6.00. The summed E-state index contributed by atoms with van der Waals surface area (Å²) in [5.74, 6) is -0.0840. The maximum Gasteiger partial charge on any atom is 0.303 e. The second-order valence-electron chi connectivity index (χ2n) is 4.22. The van der Waals surface area contributed by atoms with E-state index in [0.717, 1.165) is 10.0 Å². The van der Waals surface area contributed by atoms with Crippen molar-refractivity contribution in [3.63, 3.8) is 0 Å². The van der Waals surface area contributed by atoms with Gasteiger partial charge in [0.15, 0.2) is 5.90 Å². The highest BCUT2D eigenvalue weighted by Gasteiger charge is 2.19. The number of carbonyl (C=O) groups is 1. The molecule has 1 unspecified atom stereocenters. The fourth-order valence-corrected chi connectivity index (χ4v) is 2.05. The third-order valence-corrected chi connectivity index (χ3v) is 3.26. The largest absolute Gasteiger partial charge is 0.481 e. The number of halogens is 1. The first kappa shape index (κ1) is 13.1. The smallest absolute Gasteiger partial charge is 0.303 e. The molecule has 1 aliphatic rings. The Morgan fingerprint density at radius 1 is 1.44 bits per heavy atom. The Morgan fingerprint density at radius 3 is 2.83 bits per heavy atom. The Labute approximate surface area is 114 Å². The third-order valence-electron chi connectivity index (χ3n) is 2.73. The summed E-state index contributed by atoms with van der Waals surface area (Å²) in [4.78, 5) is 14.9. The number of ether oxygens (including phenoxy) is 1. The van der Waals surface area contributed by atoms with Gasteiger partial charge in [-0.1, -0.05) is 28.1 Å². The van der Waals surface area contributed by atoms with Gasteiger partial charge in [-0.2, -0.15) is 0 Å². The molecule has 0 saturated carbocycles. The molecule has 5 heteroatoms. The zero-order valence-electron chi connectivity index (χ0n) is 9.80. The first-order chi connectivity index (χ1) is 8.63. The van der Waals surface area contributed by atoms with E-state index in [4.69, 9.17) is 9.84 Å². The summed E-state index contributed by atoms with van der Waals surface area (Å²) in [6, 6.07) is 7.98. The molecule has 1 aliphatic heterocycles. The summed E-state index contributed by atoms with van der Waals surface area (Å²) < 4.78 is 6.52. The number of carboxylic acids is 1. The molecule has 0 radical (unpaired) electrons. The molecule has 1 aromatic rings. The number of carboxylic acid groups (broad SMARTS) is 1. The molecule has 1 aromatic carbocycles. The van der Waals surface area contributed by atoms with E-state index >= 15 is 0 Å². The van der Waals surface area contributed by atoms with Crippen molar-refractivity contribution >= 4 is 27.8 Å². The van der Waals surface area contributed by atoms with Gasteiger partial charge in [0.1, 0.15) is 6.61 Å². The lowest BCUT2D eigenvalue weighted by Gasteiger charge is -2.01. The molecule has 4 nitrogen and oxygen atoms in total. The molecule has 96 valence electrons. The van der Waals surface area contributed by atoms with E-state index in [0.29, 0.717) is 25.3 Å². The van der Waals surface area contributed by atoms with Crippen LogP contribution in [0.25, 0.3) is 0 Å². The Bertz CT molecular complexity index is 456. The van der Waals surface area contributed by atoms with Crippen LogP contribution in [0.4, 0.5) is 0 Å². The van der Waals surface area contributed by atoms with Crippen molar-refractivity contribution in [3.05, 3.63) is 34.3 Å². The zero-order valence-corrected chi connectivity index (χ0v) is 11.4. The van der Waals surface area contributed by atoms with Crippen molar-refractivity contribution in [1.82, 2.24) is 0 Å². The minimum atomic E-state index is -0.786. The quantitative estimate of drug-likeness (QED) is 0.909. The lowest BCUT2D eigenvalue weighted by atomic mass is 10.1. The lowest BCUT2D eigenvalue weighted by Crippen LogP contribution is -2.09. The SMILES string of the molecule is O=C(O)CCC1COC(Cc2ccc(Br)cc2)=N1. The highest BCUT2D eigenvalue weighted by molar-refractivity contribution is 9.10. The van der Waals surface area contributed by atoms with Crippen LogP contribution < -0.4 is 0 Å². The summed E-state index contributed by atoms with van der Waals surface area (Å²) in [6.07, 6.45) is 1.35. The van der Waals surface area contributed by atoms with Crippen molar-refractivity contribution in [1.29, 1.82) is 0 Å². The molecular formula is C13H14BrNO3. The van der Waals surface area contributed by atoms with E-state index in [-0.39, 0.29) is 12.5 Å². The Hall–Kier alpha value is -1.36. The molecule has 1 atom stereocenters. The highest BCUT2D eigenvalue weighted by atomic mass is 79.9. The molecular weight excluding hydrogens is 298 g/mol. The van der Waals surface area contributed by atoms with Crippen LogP contribution >= 0.6 is 15.9 Å². The van der Waals surface area contributed by atoms with Gasteiger partial charge in [0.05, 0.1) is 6.04 Å². The summed E-state index contributed by atoms with van der Waals surface area (Å²) >= 11 is 3.38. The number of rotatable bonds is 5. The summed E-state index contributed by atoms with van der Waals surface area (Å²) in [5.41, 5.74) is 1.14. The van der Waals surface area contributed by atoms with Gasteiger partial charge in [-0.25, -0.2) is 4.99 Å². The van der Waals surface area contributed by atoms with E-state index in [9.17, 15) is 4.79 Å². The van der Waals surface area contributed by atoms with Crippen LogP contribution in [-0.2, 0) is 16.0 Å². The Kier molecular flexibility index (Phi) is 4.36. The summed E-state index contributed by atoms with van der Waals surface area (Å²) in [6.45, 7) is 0.499. The first-order valence-electron chi connectivity index (χ1n) is 5.79. The fraction of sp³-hybridized carbons (Fsp3) is 0.385. The van der Waals surface area contributed by atoms with Crippen molar-refractivity contribution in [2.45, 2.75) is 25.3 Å². The van der Waals surface area contributed by atoms with Gasteiger partial charge in [0, 0.05) is 17.3 Å². The molecule has 2 rings (SSSR count). The summed E-state index contributed by atoms with van der Waals surface area (Å²) in [7, 11) is 0. The van der Waals surface area contributed by atoms with E-state index in [1.165, 1.54) is 0 Å². The molecule has 0 aromatic heterocycles. The predicted molar refractivity (Wildman–Crippen MR) is 71.9 cm³/mol. The van der Waals surface area contributed by atoms with Crippen molar-refractivity contribution in [2.75, 3.05) is 6.61 Å². The van der Waals surface area contributed by atoms with E-state index < -0.39 is 5.97 Å². The average molecular weight is 312 g/mol. The van der Waals surface area contributed by atoms with Crippen LogP contribution in [0.5, 0.6) is 0 Å². The molecule has 1 heterocycles. The van der Waals surface area contributed by atoms with Crippen LogP contribution in [0.3, 0.4) is 0 Å². The summed E-state index contributed by atoms with van der Waals surface area (Å²) in [5, 5.41) is 8.61. The number of nitrogens with zero attached hydrogens (tertiary/aromatic N) is 1. The molecule has 0 fully saturated rings. The fourth-order valence-electron chi connectivity index (χ4n) is 1.78. The van der Waals surface area contributed by atoms with Gasteiger partial charge in [-0.15, -0.1) is 0 Å². The second-order valence-corrected chi connectivity index (χ2v) is 5.14. The molecule has 0 aliphatic carbocycles. The van der Waals surface area contributed by atoms with Crippen LogP contribution in [-0.4, -0.2) is 29.6 Å². The van der Waals surface area contributed by atoms with Gasteiger partial charge < -0.3 is 9.84 Å². The van der Waals surface area contributed by atoms with Crippen LogP contribution in [0.2, 0.25) is 0 Å². The molecule has 0 bridgehead atoms. The Balaban J connectivity index is 1.88. The van der Waals surface area contributed by atoms with Crippen LogP contribution in [0.1, 0.15) is 18.4 Å². The van der Waals surface area contributed by atoms with E-state index in [2.05, 4.69) is 20.9 Å². The average Bonchev–Trinajstić information content (AvgIpc) is 2.77. The number of aliphatic carboxylic acids is 1. The standard InChI is InChI=1S/C13H14BrNO3/c14-10-3-1-9(2-4-10)7-12-15-11(8-18-12)5-6-13(16)17/h1-4,11H,5-8H2,(H,16,17). The normalized spacial score (nSPS) is 18.3. The van der Waals surface area contributed by atoms with Crippen molar-refractivity contribution < 1.29 is 14.6 Å². The van der Waals surface area contributed by atoms with Gasteiger partial charge in [-0.3, -0.25) is 4.79 Å². The van der Waals surface area contributed by atoms with E-state index in [1.807, 2.05) is 24.3 Å². The number of hydrogen-bond acceptors (Lipinski definition) is 3. The van der Waals surface area contributed by atoms with Gasteiger partial charge in [-0.05, 0) is 24.1 Å². The van der Waals surface area contributed by atoms with Crippen LogP contribution in [0, 0.1) is 0 Å². The van der Waals surface area contributed by atoms with Gasteiger partial charge >= 0.3 is 5.97 Å². The lowest BCUT2D eigenvalue weighted by molar-refractivity contribution is -0.137. The maximum absolute atomic E-state index is 10.5. The maximum atomic E-state index is 10.5. The molecule has 0 saturated heterocycles. The monoisotopic (exact) mass is 311 g/mol. The van der Waals surface area contributed by atoms with Crippen molar-refractivity contribution in [2.24, 2.45) is 4.99 Å². The van der Waals surface area contributed by atoms with Gasteiger partial charge in [0.25, 0.3) is 0 Å². The van der Waals surface area contributed by atoms with Crippen molar-refractivity contribution in [3.8, 4) is 0 Å². The predicted octanol–water partition coefficient (Wildman–Crippen LogP) is 2.65. The highest BCUT2D eigenvalue weighted by Crippen LogP contribution is 2.15. The molecule has 1 N–H and O–H groups in total. The van der Waals surface area contributed by atoms with Gasteiger partial charge in [0.2, 0.25) is 0 Å². The minimum Gasteiger partial charge on any atom is -0.481 e. The molecule has 0 amide bonds.